The number of rotatable bonds is 16. The lowest BCUT2D eigenvalue weighted by molar-refractivity contribution is -0.142. The van der Waals surface area contributed by atoms with Gasteiger partial charge in [0.05, 0.1) is 12.5 Å². The number of fused-ring (bicyclic) bond motifs is 1. The van der Waals surface area contributed by atoms with Gasteiger partial charge in [0.1, 0.15) is 18.1 Å². The molecule has 4 amide bonds. The average molecular weight is 574 g/mol. The molecule has 0 aliphatic carbocycles. The molecule has 1 aromatic carbocycles. The molecule has 2 aromatic rings. The number of carbonyl (C=O) groups excluding carboxylic acids is 4. The van der Waals surface area contributed by atoms with Crippen LogP contribution in [0.5, 0.6) is 0 Å². The highest BCUT2D eigenvalue weighted by Gasteiger charge is 2.32. The first-order valence-corrected chi connectivity index (χ1v) is 13.1. The van der Waals surface area contributed by atoms with Crippen LogP contribution >= 0.6 is 0 Å². The van der Waals surface area contributed by atoms with Gasteiger partial charge in [-0.05, 0) is 36.8 Å². The van der Waals surface area contributed by atoms with Crippen molar-refractivity contribution < 1.29 is 29.1 Å². The van der Waals surface area contributed by atoms with Crippen LogP contribution < -0.4 is 38.9 Å². The number of amides is 4. The number of hydrogen-bond donors (Lipinski definition) is 9. The number of nitrogens with two attached hydrogens (primary N) is 4. The number of carboxylic acids is 1. The predicted octanol–water partition coefficient (Wildman–Crippen LogP) is -1.84. The topological polar surface area (TPSA) is 274 Å². The second-order valence-electron chi connectivity index (χ2n) is 9.98. The maximum atomic E-state index is 13.2. The van der Waals surface area contributed by atoms with Crippen molar-refractivity contribution in [3.05, 3.63) is 36.0 Å². The summed E-state index contributed by atoms with van der Waals surface area (Å²) in [5.74, 6) is -5.12. The molecule has 15 nitrogen and oxygen atoms in total. The molecule has 0 saturated heterocycles. The molecule has 1 aromatic heterocycles. The first-order chi connectivity index (χ1) is 19.3. The lowest BCUT2D eigenvalue weighted by Crippen LogP contribution is -2.59. The van der Waals surface area contributed by atoms with Crippen LogP contribution in [0, 0.1) is 5.92 Å². The summed E-state index contributed by atoms with van der Waals surface area (Å²) in [5.41, 5.74) is 23.6. The molecule has 0 spiro atoms. The number of primary amides is 1. The molecule has 41 heavy (non-hydrogen) atoms. The van der Waals surface area contributed by atoms with E-state index in [0.29, 0.717) is 0 Å². The summed E-state index contributed by atoms with van der Waals surface area (Å²) < 4.78 is 0. The molecule has 0 aliphatic heterocycles. The molecule has 0 bridgehead atoms. The summed E-state index contributed by atoms with van der Waals surface area (Å²) in [6.45, 7) is 3.49. The number of carboxylic acid groups (broad SMARTS) is 1. The number of carbonyl (C=O) groups is 5. The van der Waals surface area contributed by atoms with E-state index in [1.807, 2.05) is 24.3 Å². The normalized spacial score (nSPS) is 14.0. The number of aliphatic carboxylic acids is 1. The van der Waals surface area contributed by atoms with Crippen LogP contribution in [0.4, 0.5) is 0 Å². The quantitative estimate of drug-likeness (QED) is 0.0619. The Morgan fingerprint density at radius 3 is 2.22 bits per heavy atom. The lowest BCUT2D eigenvalue weighted by Gasteiger charge is -2.26. The molecule has 2 rings (SSSR count). The largest absolute Gasteiger partial charge is 0.480 e. The van der Waals surface area contributed by atoms with Crippen molar-refractivity contribution in [2.24, 2.45) is 33.8 Å². The Morgan fingerprint density at radius 2 is 1.61 bits per heavy atom. The number of aromatic nitrogens is 1. The number of benzene rings is 1. The molecule has 4 unspecified atom stereocenters. The molecule has 0 aliphatic rings. The molecule has 0 fully saturated rings. The van der Waals surface area contributed by atoms with Crippen molar-refractivity contribution in [1.82, 2.24) is 20.9 Å². The van der Waals surface area contributed by atoms with Crippen LogP contribution in [0.25, 0.3) is 10.9 Å². The minimum Gasteiger partial charge on any atom is -0.480 e. The van der Waals surface area contributed by atoms with Crippen LogP contribution in [0.3, 0.4) is 0 Å². The van der Waals surface area contributed by atoms with Crippen LogP contribution in [0.1, 0.15) is 38.7 Å². The van der Waals surface area contributed by atoms with E-state index in [2.05, 4.69) is 25.9 Å². The smallest absolute Gasteiger partial charge is 0.326 e. The van der Waals surface area contributed by atoms with Crippen molar-refractivity contribution in [1.29, 1.82) is 0 Å². The van der Waals surface area contributed by atoms with Crippen molar-refractivity contribution in [3.63, 3.8) is 0 Å². The molecule has 0 saturated carbocycles. The number of H-pyrrole nitrogens is 1. The zero-order valence-corrected chi connectivity index (χ0v) is 23.1. The van der Waals surface area contributed by atoms with Gasteiger partial charge >= 0.3 is 5.97 Å². The minimum atomic E-state index is -1.49. The van der Waals surface area contributed by atoms with Gasteiger partial charge in [0.2, 0.25) is 23.6 Å². The Morgan fingerprint density at radius 1 is 0.951 bits per heavy atom. The number of nitrogens with zero attached hydrogens (tertiary/aromatic N) is 1. The molecule has 13 N–H and O–H groups in total. The summed E-state index contributed by atoms with van der Waals surface area (Å²) >= 11 is 0. The van der Waals surface area contributed by atoms with Gasteiger partial charge in [-0.2, -0.15) is 0 Å². The molecule has 4 atom stereocenters. The first-order valence-electron chi connectivity index (χ1n) is 13.1. The number of hydrogen-bond acceptors (Lipinski definition) is 7. The minimum absolute atomic E-state index is 0.0198. The highest BCUT2D eigenvalue weighted by molar-refractivity contribution is 5.96. The zero-order valence-electron chi connectivity index (χ0n) is 23.1. The summed E-state index contributed by atoms with van der Waals surface area (Å²) in [7, 11) is 0. The van der Waals surface area contributed by atoms with Crippen molar-refractivity contribution in [3.8, 4) is 0 Å². The van der Waals surface area contributed by atoms with Crippen LogP contribution in [-0.4, -0.2) is 76.4 Å². The molecule has 224 valence electrons. The van der Waals surface area contributed by atoms with Gasteiger partial charge in [0.15, 0.2) is 5.96 Å². The Hall–Kier alpha value is -4.66. The number of para-hydroxylation sites is 1. The SMILES string of the molecule is CC(C)C(NC(=O)C(N)Cc1c[nH]c2ccccc12)C(=O)NC(CC(N)=O)C(=O)NC(CCCN=C(N)N)C(=O)O. The van der Waals surface area contributed by atoms with Gasteiger partial charge in [0.25, 0.3) is 0 Å². The van der Waals surface area contributed by atoms with Gasteiger partial charge in [-0.3, -0.25) is 24.2 Å². The molecular formula is C26H39N9O6. The summed E-state index contributed by atoms with van der Waals surface area (Å²) in [4.78, 5) is 69.2. The van der Waals surface area contributed by atoms with E-state index < -0.39 is 66.1 Å². The average Bonchev–Trinajstić information content (AvgIpc) is 3.30. The van der Waals surface area contributed by atoms with Crippen molar-refractivity contribution in [2.75, 3.05) is 6.54 Å². The fourth-order valence-corrected chi connectivity index (χ4v) is 4.13. The van der Waals surface area contributed by atoms with Crippen LogP contribution in [0.15, 0.2) is 35.5 Å². The van der Waals surface area contributed by atoms with E-state index >= 15 is 0 Å². The second-order valence-corrected chi connectivity index (χ2v) is 9.98. The fraction of sp³-hybridized carbons (Fsp3) is 0.462. The first kappa shape index (κ1) is 32.6. The third-order valence-electron chi connectivity index (χ3n) is 6.30. The van der Waals surface area contributed by atoms with Gasteiger partial charge in [-0.15, -0.1) is 0 Å². The van der Waals surface area contributed by atoms with E-state index in [-0.39, 0.29) is 31.8 Å². The van der Waals surface area contributed by atoms with E-state index in [1.165, 1.54) is 0 Å². The number of nitrogens with one attached hydrogen (secondary N) is 4. The number of guanidine groups is 1. The maximum Gasteiger partial charge on any atom is 0.326 e. The molecule has 15 heteroatoms. The highest BCUT2D eigenvalue weighted by Crippen LogP contribution is 2.19. The fourth-order valence-electron chi connectivity index (χ4n) is 4.13. The van der Waals surface area contributed by atoms with Gasteiger partial charge in [-0.25, -0.2) is 4.79 Å². The van der Waals surface area contributed by atoms with Crippen molar-refractivity contribution >= 4 is 46.5 Å². The molecular weight excluding hydrogens is 534 g/mol. The lowest BCUT2D eigenvalue weighted by atomic mass is 10.0. The Balaban J connectivity index is 2.08. The Labute approximate surface area is 236 Å². The monoisotopic (exact) mass is 573 g/mol. The predicted molar refractivity (Wildman–Crippen MR) is 152 cm³/mol. The highest BCUT2D eigenvalue weighted by atomic mass is 16.4. The summed E-state index contributed by atoms with van der Waals surface area (Å²) in [6, 6.07) is 2.62. The molecule has 0 radical (unpaired) electrons. The third-order valence-corrected chi connectivity index (χ3v) is 6.30. The number of aliphatic imine (C=N–C) groups is 1. The maximum absolute atomic E-state index is 13.2. The van der Waals surface area contributed by atoms with E-state index in [4.69, 9.17) is 22.9 Å². The third kappa shape index (κ3) is 10.1. The van der Waals surface area contributed by atoms with Crippen LogP contribution in [-0.2, 0) is 30.4 Å². The van der Waals surface area contributed by atoms with Crippen LogP contribution in [0.2, 0.25) is 0 Å². The van der Waals surface area contributed by atoms with E-state index in [0.717, 1.165) is 16.5 Å². The Kier molecular flexibility index (Phi) is 12.1. The van der Waals surface area contributed by atoms with Crippen molar-refractivity contribution in [2.45, 2.75) is 63.7 Å². The van der Waals surface area contributed by atoms with Gasteiger partial charge in [-0.1, -0.05) is 32.0 Å². The number of aromatic amines is 1. The molecule has 1 heterocycles. The standard InChI is InChI=1S/C26H39N9O6/c1-13(2)21(35-22(37)16(27)10-14-12-32-17-7-4-3-6-15(14)17)24(39)34-19(11-20(28)36)23(38)33-18(25(40)41)8-5-9-31-26(29)30/h3-4,6-7,12-13,16,18-19,21,32H,5,8-11,27H2,1-2H3,(H2,28,36)(H,33,38)(H,34,39)(H,35,37)(H,40,41)(H4,29,30,31). The summed E-state index contributed by atoms with van der Waals surface area (Å²) in [6.07, 6.45) is 1.59. The van der Waals surface area contributed by atoms with E-state index in [9.17, 15) is 29.1 Å². The van der Waals surface area contributed by atoms with Gasteiger partial charge in [0, 0.05) is 23.6 Å². The zero-order chi connectivity index (χ0) is 30.7. The van der Waals surface area contributed by atoms with E-state index in [1.54, 1.807) is 20.0 Å². The van der Waals surface area contributed by atoms with Gasteiger partial charge < -0.3 is 49.0 Å². The summed E-state index contributed by atoms with van der Waals surface area (Å²) in [5, 5.41) is 17.7. The Bertz CT molecular complexity index is 1270. The second kappa shape index (κ2) is 15.2.